The van der Waals surface area contributed by atoms with Gasteiger partial charge in [-0.2, -0.15) is 0 Å². The molecule has 0 aliphatic carbocycles. The molecule has 1 heterocycles. The van der Waals surface area contributed by atoms with Gasteiger partial charge in [-0.05, 0) is 61.2 Å². The molecule has 0 spiro atoms. The molecule has 3 rings (SSSR count). The van der Waals surface area contributed by atoms with Crippen molar-refractivity contribution < 1.29 is 27.2 Å². The maximum Gasteiger partial charge on any atom is 0.242 e. The minimum atomic E-state index is -3.76. The largest absolute Gasteiger partial charge is 0.326 e. The normalized spacial score (nSPS) is 18.6. The van der Waals surface area contributed by atoms with Crippen LogP contribution in [0.5, 0.6) is 0 Å². The number of imide groups is 1. The molecular formula is C24H28FN3O5S. The molecule has 1 saturated heterocycles. The fourth-order valence-electron chi connectivity index (χ4n) is 4.03. The lowest BCUT2D eigenvalue weighted by atomic mass is 9.72. The molecule has 2 aromatic rings. The molecule has 182 valence electrons. The van der Waals surface area contributed by atoms with Gasteiger partial charge in [0.15, 0.2) is 0 Å². The van der Waals surface area contributed by atoms with Crippen LogP contribution in [-0.4, -0.2) is 44.0 Å². The van der Waals surface area contributed by atoms with Crippen molar-refractivity contribution in [2.24, 2.45) is 0 Å². The summed E-state index contributed by atoms with van der Waals surface area (Å²) in [6.45, 7) is 2.03. The van der Waals surface area contributed by atoms with Gasteiger partial charge in [0.25, 0.3) is 0 Å². The Morgan fingerprint density at radius 1 is 1.12 bits per heavy atom. The van der Waals surface area contributed by atoms with Crippen LogP contribution in [0.25, 0.3) is 0 Å². The van der Waals surface area contributed by atoms with E-state index in [0.717, 1.165) is 22.0 Å². The predicted molar refractivity (Wildman–Crippen MR) is 125 cm³/mol. The molecule has 1 aliphatic rings. The number of anilines is 1. The van der Waals surface area contributed by atoms with Crippen LogP contribution in [0.3, 0.4) is 0 Å². The first kappa shape index (κ1) is 25.5. The van der Waals surface area contributed by atoms with E-state index in [4.69, 9.17) is 0 Å². The predicted octanol–water partition coefficient (Wildman–Crippen LogP) is 2.95. The average Bonchev–Trinajstić information content (AvgIpc) is 2.80. The van der Waals surface area contributed by atoms with Crippen LogP contribution in [0.2, 0.25) is 0 Å². The summed E-state index contributed by atoms with van der Waals surface area (Å²) in [5, 5.41) is 5.18. The summed E-state index contributed by atoms with van der Waals surface area (Å²) in [6, 6.07) is 11.5. The number of benzene rings is 2. The highest BCUT2D eigenvalue weighted by atomic mass is 32.2. The first-order valence-electron chi connectivity index (χ1n) is 11.0. The molecule has 0 aromatic heterocycles. The Hall–Kier alpha value is -3.11. The standard InChI is InChI=1S/C24H28FN3O5S/c1-3-24(15-14-22(30)27-23(24)31)17-6-10-19(11-7-17)26-21(29)5-4-16-28(2)34(32,33)20-12-8-18(25)9-13-20/h6-13H,3-5,14-16H2,1-2H3,(H,26,29)(H,27,30,31). The lowest BCUT2D eigenvalue weighted by Crippen LogP contribution is -2.51. The van der Waals surface area contributed by atoms with E-state index in [9.17, 15) is 27.2 Å². The number of halogens is 1. The molecule has 1 atom stereocenters. The highest BCUT2D eigenvalue weighted by Crippen LogP contribution is 2.36. The van der Waals surface area contributed by atoms with E-state index in [0.29, 0.717) is 24.9 Å². The summed E-state index contributed by atoms with van der Waals surface area (Å²) in [7, 11) is -2.35. The van der Waals surface area contributed by atoms with Crippen molar-refractivity contribution >= 4 is 33.4 Å². The van der Waals surface area contributed by atoms with Crippen molar-refractivity contribution in [1.82, 2.24) is 9.62 Å². The second kappa shape index (κ2) is 10.4. The molecule has 2 N–H and O–H groups in total. The number of nitrogens with zero attached hydrogens (tertiary/aromatic N) is 1. The summed E-state index contributed by atoms with van der Waals surface area (Å²) < 4.78 is 39.2. The van der Waals surface area contributed by atoms with Crippen molar-refractivity contribution in [2.45, 2.75) is 49.3 Å². The summed E-state index contributed by atoms with van der Waals surface area (Å²) in [5.41, 5.74) is 0.571. The van der Waals surface area contributed by atoms with Crippen LogP contribution >= 0.6 is 0 Å². The summed E-state index contributed by atoms with van der Waals surface area (Å²) >= 11 is 0. The molecule has 8 nitrogen and oxygen atoms in total. The molecule has 0 saturated carbocycles. The lowest BCUT2D eigenvalue weighted by Gasteiger charge is -2.35. The van der Waals surface area contributed by atoms with Crippen LogP contribution in [0.15, 0.2) is 53.4 Å². The fraction of sp³-hybridized carbons (Fsp3) is 0.375. The number of carbonyl (C=O) groups excluding carboxylic acids is 3. The van der Waals surface area contributed by atoms with Crippen LogP contribution in [0, 0.1) is 5.82 Å². The van der Waals surface area contributed by atoms with Crippen molar-refractivity contribution in [3.63, 3.8) is 0 Å². The Balaban J connectivity index is 1.54. The van der Waals surface area contributed by atoms with Gasteiger partial charge in [0.05, 0.1) is 10.3 Å². The number of hydrogen-bond acceptors (Lipinski definition) is 5. The van der Waals surface area contributed by atoms with Gasteiger partial charge in [-0.15, -0.1) is 0 Å². The SMILES string of the molecule is CCC1(c2ccc(NC(=O)CCCN(C)S(=O)(=O)c3ccc(F)cc3)cc2)CCC(=O)NC1=O. The van der Waals surface area contributed by atoms with Gasteiger partial charge in [0.1, 0.15) is 5.82 Å². The molecular weight excluding hydrogens is 461 g/mol. The highest BCUT2D eigenvalue weighted by molar-refractivity contribution is 7.89. The van der Waals surface area contributed by atoms with Crippen LogP contribution < -0.4 is 10.6 Å². The quantitative estimate of drug-likeness (QED) is 0.526. The zero-order chi connectivity index (χ0) is 24.9. The number of carbonyl (C=O) groups is 3. The average molecular weight is 490 g/mol. The van der Waals surface area contributed by atoms with E-state index in [1.54, 1.807) is 24.3 Å². The number of amides is 3. The Bertz CT molecular complexity index is 1170. The molecule has 0 bridgehead atoms. The Labute approximate surface area is 198 Å². The zero-order valence-electron chi connectivity index (χ0n) is 19.1. The Morgan fingerprint density at radius 2 is 1.76 bits per heavy atom. The van der Waals surface area contributed by atoms with Gasteiger partial charge in [0, 0.05) is 32.1 Å². The second-order valence-corrected chi connectivity index (χ2v) is 10.4. The maximum atomic E-state index is 13.0. The highest BCUT2D eigenvalue weighted by Gasteiger charge is 2.42. The topological polar surface area (TPSA) is 113 Å². The van der Waals surface area contributed by atoms with E-state index in [1.807, 2.05) is 6.92 Å². The Kier molecular flexibility index (Phi) is 7.83. The number of rotatable bonds is 9. The van der Waals surface area contributed by atoms with Crippen LogP contribution in [0.4, 0.5) is 10.1 Å². The minimum absolute atomic E-state index is 0.0122. The maximum absolute atomic E-state index is 13.0. The molecule has 3 amide bonds. The van der Waals surface area contributed by atoms with Gasteiger partial charge in [-0.25, -0.2) is 17.1 Å². The molecule has 2 aromatic carbocycles. The number of hydrogen-bond donors (Lipinski definition) is 2. The van der Waals surface area contributed by atoms with Crippen LogP contribution in [0.1, 0.15) is 44.6 Å². The van der Waals surface area contributed by atoms with E-state index < -0.39 is 21.3 Å². The molecule has 1 aliphatic heterocycles. The smallest absolute Gasteiger partial charge is 0.242 e. The number of nitrogens with one attached hydrogen (secondary N) is 2. The van der Waals surface area contributed by atoms with E-state index in [2.05, 4.69) is 10.6 Å². The van der Waals surface area contributed by atoms with Crippen molar-refractivity contribution in [1.29, 1.82) is 0 Å². The van der Waals surface area contributed by atoms with Gasteiger partial charge in [-0.1, -0.05) is 19.1 Å². The summed E-state index contributed by atoms with van der Waals surface area (Å²) in [4.78, 5) is 36.3. The fourth-order valence-corrected chi connectivity index (χ4v) is 5.24. The van der Waals surface area contributed by atoms with Gasteiger partial charge < -0.3 is 5.32 Å². The second-order valence-electron chi connectivity index (χ2n) is 8.32. The van der Waals surface area contributed by atoms with Gasteiger partial charge >= 0.3 is 0 Å². The van der Waals surface area contributed by atoms with Gasteiger partial charge in [-0.3, -0.25) is 19.7 Å². The van der Waals surface area contributed by atoms with E-state index in [-0.39, 0.29) is 42.0 Å². The van der Waals surface area contributed by atoms with E-state index >= 15 is 0 Å². The zero-order valence-corrected chi connectivity index (χ0v) is 20.0. The van der Waals surface area contributed by atoms with Crippen molar-refractivity contribution in [2.75, 3.05) is 18.9 Å². The third-order valence-corrected chi connectivity index (χ3v) is 8.06. The molecule has 10 heteroatoms. The number of sulfonamides is 1. The number of piperidine rings is 1. The molecule has 34 heavy (non-hydrogen) atoms. The Morgan fingerprint density at radius 3 is 2.35 bits per heavy atom. The summed E-state index contributed by atoms with van der Waals surface area (Å²) in [5.74, 6) is -1.36. The molecule has 0 radical (unpaired) electrons. The minimum Gasteiger partial charge on any atom is -0.326 e. The van der Waals surface area contributed by atoms with Crippen molar-refractivity contribution in [3.05, 3.63) is 59.9 Å². The van der Waals surface area contributed by atoms with Crippen LogP contribution in [-0.2, 0) is 29.8 Å². The third kappa shape index (κ3) is 5.51. The molecule has 1 unspecified atom stereocenters. The lowest BCUT2D eigenvalue weighted by molar-refractivity contribution is -0.138. The van der Waals surface area contributed by atoms with Gasteiger partial charge in [0.2, 0.25) is 27.7 Å². The third-order valence-electron chi connectivity index (χ3n) is 6.19. The first-order valence-corrected chi connectivity index (χ1v) is 12.5. The van der Waals surface area contributed by atoms with Crippen molar-refractivity contribution in [3.8, 4) is 0 Å². The van der Waals surface area contributed by atoms with E-state index in [1.165, 1.54) is 19.2 Å². The first-order chi connectivity index (χ1) is 16.1. The molecule has 1 fully saturated rings. The monoisotopic (exact) mass is 489 g/mol. The summed E-state index contributed by atoms with van der Waals surface area (Å²) in [6.07, 6.45) is 1.67.